The van der Waals surface area contributed by atoms with E-state index in [1.807, 2.05) is 31.2 Å². The van der Waals surface area contributed by atoms with Gasteiger partial charge < -0.3 is 5.32 Å². The van der Waals surface area contributed by atoms with Gasteiger partial charge in [-0.05, 0) is 49.4 Å². The fourth-order valence-electron chi connectivity index (χ4n) is 3.83. The third-order valence-corrected chi connectivity index (χ3v) is 5.69. The second-order valence-electron chi connectivity index (χ2n) is 7.42. The zero-order valence-electron chi connectivity index (χ0n) is 15.4. The van der Waals surface area contributed by atoms with E-state index in [1.165, 1.54) is 5.56 Å². The molecule has 3 heteroatoms. The number of aryl methyl sites for hydroxylation is 2. The maximum absolute atomic E-state index is 12.6. The van der Waals surface area contributed by atoms with E-state index in [4.69, 9.17) is 0 Å². The predicted octanol–water partition coefficient (Wildman–Crippen LogP) is 4.24. The van der Waals surface area contributed by atoms with Crippen molar-refractivity contribution in [2.24, 2.45) is 0 Å². The molecule has 0 aliphatic heterocycles. The maximum atomic E-state index is 12.6. The number of nitrogens with one attached hydrogen (secondary N) is 1. The predicted molar refractivity (Wildman–Crippen MR) is 105 cm³/mol. The number of amides is 1. The summed E-state index contributed by atoms with van der Waals surface area (Å²) in [5, 5.41) is 4.30. The van der Waals surface area contributed by atoms with Crippen LogP contribution in [0.2, 0.25) is 0 Å². The van der Waals surface area contributed by atoms with Gasteiger partial charge in [-0.3, -0.25) is 9.78 Å². The molecule has 1 amide bonds. The van der Waals surface area contributed by atoms with Crippen LogP contribution in [0.1, 0.15) is 35.2 Å². The first kappa shape index (κ1) is 16.8. The Morgan fingerprint density at radius 2 is 1.73 bits per heavy atom. The van der Waals surface area contributed by atoms with Crippen LogP contribution in [0.25, 0.3) is 10.9 Å². The molecule has 3 aromatic rings. The van der Waals surface area contributed by atoms with Gasteiger partial charge in [-0.1, -0.05) is 48.5 Å². The number of nitrogens with zero attached hydrogens (tertiary/aromatic N) is 1. The van der Waals surface area contributed by atoms with Crippen molar-refractivity contribution in [1.82, 2.24) is 10.3 Å². The number of carbonyl (C=O) groups excluding carboxylic acids is 1. The number of pyridine rings is 1. The van der Waals surface area contributed by atoms with Crippen LogP contribution in [0.15, 0.2) is 54.6 Å². The van der Waals surface area contributed by atoms with Crippen molar-refractivity contribution in [3.63, 3.8) is 0 Å². The van der Waals surface area contributed by atoms with E-state index in [1.54, 1.807) is 0 Å². The quantitative estimate of drug-likeness (QED) is 0.752. The minimum atomic E-state index is 0.0792. The monoisotopic (exact) mass is 344 g/mol. The van der Waals surface area contributed by atoms with Gasteiger partial charge in [0.25, 0.3) is 0 Å². The first-order valence-corrected chi connectivity index (χ1v) is 9.26. The Labute approximate surface area is 154 Å². The maximum Gasteiger partial charge on any atom is 0.224 e. The van der Waals surface area contributed by atoms with Crippen molar-refractivity contribution in [2.75, 3.05) is 6.54 Å². The standard InChI is InChI=1S/C23H24N2O/c1-16-19-10-6-7-11-21(19)25-17(2)20(16)14-22(26)24-15-23(12-13-23)18-8-4-3-5-9-18/h3-11H,12-15H2,1-2H3,(H,24,26). The van der Waals surface area contributed by atoms with Crippen molar-refractivity contribution in [3.05, 3.63) is 77.0 Å². The molecule has 0 atom stereocenters. The molecule has 1 saturated carbocycles. The molecular weight excluding hydrogens is 320 g/mol. The van der Waals surface area contributed by atoms with Crippen molar-refractivity contribution in [3.8, 4) is 0 Å². The minimum Gasteiger partial charge on any atom is -0.355 e. The summed E-state index contributed by atoms with van der Waals surface area (Å²) < 4.78 is 0. The molecule has 1 heterocycles. The van der Waals surface area contributed by atoms with Crippen molar-refractivity contribution in [2.45, 2.75) is 38.5 Å². The van der Waals surface area contributed by atoms with Crippen LogP contribution < -0.4 is 5.32 Å². The van der Waals surface area contributed by atoms with Gasteiger partial charge in [0.2, 0.25) is 5.91 Å². The Balaban J connectivity index is 1.48. The van der Waals surface area contributed by atoms with E-state index < -0.39 is 0 Å². The number of benzene rings is 2. The molecule has 1 aromatic heterocycles. The number of para-hydroxylation sites is 1. The molecule has 0 radical (unpaired) electrons. The van der Waals surface area contributed by atoms with Crippen LogP contribution in [0.3, 0.4) is 0 Å². The first-order valence-electron chi connectivity index (χ1n) is 9.26. The summed E-state index contributed by atoms with van der Waals surface area (Å²) in [6.45, 7) is 4.80. The van der Waals surface area contributed by atoms with Gasteiger partial charge in [0.05, 0.1) is 11.9 Å². The Hall–Kier alpha value is -2.68. The van der Waals surface area contributed by atoms with Crippen LogP contribution >= 0.6 is 0 Å². The van der Waals surface area contributed by atoms with Crippen LogP contribution in [0.5, 0.6) is 0 Å². The van der Waals surface area contributed by atoms with Gasteiger partial charge in [-0.25, -0.2) is 0 Å². The first-order chi connectivity index (χ1) is 12.6. The molecule has 1 N–H and O–H groups in total. The summed E-state index contributed by atoms with van der Waals surface area (Å²) in [7, 11) is 0. The van der Waals surface area contributed by atoms with E-state index in [0.717, 1.165) is 47.1 Å². The molecule has 1 aliphatic rings. The van der Waals surface area contributed by atoms with E-state index in [9.17, 15) is 4.79 Å². The third kappa shape index (κ3) is 3.10. The molecule has 3 nitrogen and oxygen atoms in total. The third-order valence-electron chi connectivity index (χ3n) is 5.69. The molecule has 2 aromatic carbocycles. The van der Waals surface area contributed by atoms with Gasteiger partial charge in [0, 0.05) is 23.0 Å². The van der Waals surface area contributed by atoms with E-state index in [2.05, 4.69) is 47.6 Å². The van der Waals surface area contributed by atoms with Crippen LogP contribution in [-0.4, -0.2) is 17.4 Å². The highest BCUT2D eigenvalue weighted by Crippen LogP contribution is 2.47. The second-order valence-corrected chi connectivity index (χ2v) is 7.42. The lowest BCUT2D eigenvalue weighted by atomic mass is 9.95. The SMILES string of the molecule is Cc1nc2ccccc2c(C)c1CC(=O)NCC1(c2ccccc2)CC1. The summed E-state index contributed by atoms with van der Waals surface area (Å²) in [4.78, 5) is 17.3. The lowest BCUT2D eigenvalue weighted by molar-refractivity contribution is -0.120. The number of carbonyl (C=O) groups is 1. The van der Waals surface area contributed by atoms with Gasteiger partial charge >= 0.3 is 0 Å². The summed E-state index contributed by atoms with van der Waals surface area (Å²) in [6, 6.07) is 18.6. The molecule has 0 spiro atoms. The smallest absolute Gasteiger partial charge is 0.224 e. The Bertz CT molecular complexity index is 959. The van der Waals surface area contributed by atoms with E-state index in [-0.39, 0.29) is 11.3 Å². The number of aromatic nitrogens is 1. The van der Waals surface area contributed by atoms with Crippen molar-refractivity contribution < 1.29 is 4.79 Å². The molecule has 1 aliphatic carbocycles. The highest BCUT2D eigenvalue weighted by molar-refractivity contribution is 5.86. The number of hydrogen-bond acceptors (Lipinski definition) is 2. The molecular formula is C23H24N2O. The largest absolute Gasteiger partial charge is 0.355 e. The fraction of sp³-hybridized carbons (Fsp3) is 0.304. The van der Waals surface area contributed by atoms with Crippen LogP contribution in [0, 0.1) is 13.8 Å². The minimum absolute atomic E-state index is 0.0792. The Morgan fingerprint density at radius 1 is 1.04 bits per heavy atom. The molecule has 0 unspecified atom stereocenters. The number of fused-ring (bicyclic) bond motifs is 1. The van der Waals surface area contributed by atoms with E-state index >= 15 is 0 Å². The van der Waals surface area contributed by atoms with Gasteiger partial charge in [0.15, 0.2) is 0 Å². The number of rotatable bonds is 5. The van der Waals surface area contributed by atoms with Crippen LogP contribution in [-0.2, 0) is 16.6 Å². The second kappa shape index (κ2) is 6.56. The highest BCUT2D eigenvalue weighted by atomic mass is 16.1. The van der Waals surface area contributed by atoms with Crippen molar-refractivity contribution in [1.29, 1.82) is 0 Å². The topological polar surface area (TPSA) is 42.0 Å². The molecule has 0 saturated heterocycles. The summed E-state index contributed by atoms with van der Waals surface area (Å²) in [5.41, 5.74) is 5.62. The number of hydrogen-bond donors (Lipinski definition) is 1. The fourth-order valence-corrected chi connectivity index (χ4v) is 3.83. The molecule has 132 valence electrons. The summed E-state index contributed by atoms with van der Waals surface area (Å²) in [6.07, 6.45) is 2.68. The van der Waals surface area contributed by atoms with Crippen LogP contribution in [0.4, 0.5) is 0 Å². The van der Waals surface area contributed by atoms with Gasteiger partial charge in [-0.15, -0.1) is 0 Å². The molecule has 26 heavy (non-hydrogen) atoms. The summed E-state index contributed by atoms with van der Waals surface area (Å²) >= 11 is 0. The molecule has 0 bridgehead atoms. The average Bonchev–Trinajstić information content (AvgIpc) is 3.45. The van der Waals surface area contributed by atoms with Gasteiger partial charge in [-0.2, -0.15) is 0 Å². The van der Waals surface area contributed by atoms with Crippen molar-refractivity contribution >= 4 is 16.8 Å². The van der Waals surface area contributed by atoms with E-state index in [0.29, 0.717) is 6.42 Å². The Kier molecular flexibility index (Phi) is 4.23. The highest BCUT2D eigenvalue weighted by Gasteiger charge is 2.44. The zero-order valence-corrected chi connectivity index (χ0v) is 15.4. The average molecular weight is 344 g/mol. The zero-order chi connectivity index (χ0) is 18.1. The summed E-state index contributed by atoms with van der Waals surface area (Å²) in [5.74, 6) is 0.0792. The molecule has 4 rings (SSSR count). The molecule has 1 fully saturated rings. The Morgan fingerprint density at radius 3 is 2.46 bits per heavy atom. The lowest BCUT2D eigenvalue weighted by Crippen LogP contribution is -2.33. The van der Waals surface area contributed by atoms with Gasteiger partial charge in [0.1, 0.15) is 0 Å². The lowest BCUT2D eigenvalue weighted by Gasteiger charge is -2.17. The normalized spacial score (nSPS) is 15.0.